The van der Waals surface area contributed by atoms with Crippen LogP contribution in [-0.2, 0) is 21.5 Å². The van der Waals surface area contributed by atoms with Crippen molar-refractivity contribution in [3.63, 3.8) is 0 Å². The number of hydrogen-bond donors (Lipinski definition) is 2. The summed E-state index contributed by atoms with van der Waals surface area (Å²) in [6.07, 6.45) is 0.697. The van der Waals surface area contributed by atoms with Gasteiger partial charge in [0.15, 0.2) is 0 Å². The zero-order valence-corrected chi connectivity index (χ0v) is 15.5. The molecule has 0 bridgehead atoms. The van der Waals surface area contributed by atoms with Crippen molar-refractivity contribution < 1.29 is 14.4 Å². The molecule has 2 heterocycles. The predicted molar refractivity (Wildman–Crippen MR) is 99.8 cm³/mol. The number of amides is 4. The highest BCUT2D eigenvalue weighted by Crippen LogP contribution is 2.29. The minimum Gasteiger partial charge on any atom is -0.354 e. The van der Waals surface area contributed by atoms with E-state index in [4.69, 9.17) is 5.26 Å². The summed E-state index contributed by atoms with van der Waals surface area (Å²) in [5.41, 5.74) is -0.415. The van der Waals surface area contributed by atoms with Crippen molar-refractivity contribution in [2.75, 3.05) is 13.1 Å². The molecule has 0 spiro atoms. The van der Waals surface area contributed by atoms with E-state index in [-0.39, 0.29) is 6.54 Å². The van der Waals surface area contributed by atoms with Gasteiger partial charge in [0, 0.05) is 11.4 Å². The molecule has 1 atom stereocenters. The van der Waals surface area contributed by atoms with Gasteiger partial charge in [0.25, 0.3) is 5.91 Å². The van der Waals surface area contributed by atoms with Gasteiger partial charge >= 0.3 is 6.03 Å². The van der Waals surface area contributed by atoms with E-state index in [9.17, 15) is 14.4 Å². The number of nitriles is 1. The highest BCUT2D eigenvalue weighted by Gasteiger charge is 2.49. The van der Waals surface area contributed by atoms with E-state index in [1.807, 2.05) is 23.6 Å². The number of thiophene rings is 1. The monoisotopic (exact) mass is 382 g/mol. The molecule has 138 valence electrons. The third kappa shape index (κ3) is 3.83. The summed E-state index contributed by atoms with van der Waals surface area (Å²) >= 11 is 1.61. The van der Waals surface area contributed by atoms with E-state index in [1.165, 1.54) is 0 Å². The second kappa shape index (κ2) is 7.60. The van der Waals surface area contributed by atoms with Gasteiger partial charge in [-0.3, -0.25) is 14.5 Å². The summed E-state index contributed by atoms with van der Waals surface area (Å²) < 4.78 is 0. The molecule has 8 heteroatoms. The lowest BCUT2D eigenvalue weighted by molar-refractivity contribution is -0.134. The van der Waals surface area contributed by atoms with Gasteiger partial charge in [-0.15, -0.1) is 11.3 Å². The lowest BCUT2D eigenvalue weighted by Gasteiger charge is -2.22. The smallest absolute Gasteiger partial charge is 0.325 e. The van der Waals surface area contributed by atoms with Crippen LogP contribution in [0.2, 0.25) is 0 Å². The maximum Gasteiger partial charge on any atom is 0.325 e. The average molecular weight is 382 g/mol. The molecule has 1 fully saturated rings. The van der Waals surface area contributed by atoms with Crippen molar-refractivity contribution >= 4 is 29.2 Å². The number of nitrogens with zero attached hydrogens (tertiary/aromatic N) is 2. The molecule has 1 aliphatic heterocycles. The third-order valence-corrected chi connectivity index (χ3v) is 5.36. The minimum absolute atomic E-state index is 0.345. The lowest BCUT2D eigenvalue weighted by atomic mass is 9.91. The molecule has 1 aromatic carbocycles. The standard InChI is InChI=1S/C19H18N4O3S/c1-19(14-5-2-4-13(10-14)11-20)17(25)23(18(26)22-19)12-16(24)21-8-7-15-6-3-9-27-15/h2-6,9-10H,7-8,12H2,1H3,(H,21,24)(H,22,26)/t19-/m1/s1. The van der Waals surface area contributed by atoms with Gasteiger partial charge in [-0.05, 0) is 42.5 Å². The summed E-state index contributed by atoms with van der Waals surface area (Å²) in [5.74, 6) is -0.916. The zero-order chi connectivity index (χ0) is 19.4. The molecular weight excluding hydrogens is 364 g/mol. The predicted octanol–water partition coefficient (Wildman–Crippen LogP) is 1.75. The SMILES string of the molecule is C[C@]1(c2cccc(C#N)c2)NC(=O)N(CC(=O)NCCc2cccs2)C1=O. The van der Waals surface area contributed by atoms with Crippen LogP contribution in [0.5, 0.6) is 0 Å². The molecule has 0 radical (unpaired) electrons. The number of carbonyl (C=O) groups excluding carboxylic acids is 3. The van der Waals surface area contributed by atoms with Crippen LogP contribution in [0.25, 0.3) is 0 Å². The van der Waals surface area contributed by atoms with E-state index in [0.717, 1.165) is 9.78 Å². The molecule has 3 rings (SSSR count). The first kappa shape index (κ1) is 18.6. The molecule has 1 aromatic heterocycles. The van der Waals surface area contributed by atoms with Crippen molar-refractivity contribution in [2.45, 2.75) is 18.9 Å². The average Bonchev–Trinajstić information content (AvgIpc) is 3.25. The Morgan fingerprint density at radius 2 is 2.15 bits per heavy atom. The molecular formula is C19H18N4O3S. The van der Waals surface area contributed by atoms with Crippen LogP contribution in [0, 0.1) is 11.3 Å². The number of nitrogens with one attached hydrogen (secondary N) is 2. The molecule has 1 aliphatic rings. The van der Waals surface area contributed by atoms with E-state index < -0.39 is 23.4 Å². The number of imide groups is 1. The van der Waals surface area contributed by atoms with Crippen molar-refractivity contribution in [3.8, 4) is 6.07 Å². The number of urea groups is 1. The van der Waals surface area contributed by atoms with Crippen LogP contribution < -0.4 is 10.6 Å². The molecule has 0 unspecified atom stereocenters. The maximum absolute atomic E-state index is 12.8. The van der Waals surface area contributed by atoms with Gasteiger partial charge in [-0.25, -0.2) is 4.79 Å². The highest BCUT2D eigenvalue weighted by molar-refractivity contribution is 7.09. The highest BCUT2D eigenvalue weighted by atomic mass is 32.1. The number of carbonyl (C=O) groups is 3. The van der Waals surface area contributed by atoms with Crippen molar-refractivity contribution in [1.29, 1.82) is 5.26 Å². The fraction of sp³-hybridized carbons (Fsp3) is 0.263. The van der Waals surface area contributed by atoms with E-state index in [2.05, 4.69) is 10.6 Å². The fourth-order valence-corrected chi connectivity index (χ4v) is 3.62. The quantitative estimate of drug-likeness (QED) is 0.743. The summed E-state index contributed by atoms with van der Waals surface area (Å²) in [7, 11) is 0. The first-order valence-corrected chi connectivity index (χ1v) is 9.26. The van der Waals surface area contributed by atoms with Gasteiger partial charge in [0.1, 0.15) is 12.1 Å². The second-order valence-corrected chi connectivity index (χ2v) is 7.35. The first-order chi connectivity index (χ1) is 12.9. The van der Waals surface area contributed by atoms with Gasteiger partial charge < -0.3 is 10.6 Å². The Balaban J connectivity index is 1.64. The molecule has 0 aliphatic carbocycles. The minimum atomic E-state index is -1.30. The van der Waals surface area contributed by atoms with Crippen LogP contribution in [0.3, 0.4) is 0 Å². The van der Waals surface area contributed by atoms with Gasteiger partial charge in [-0.2, -0.15) is 5.26 Å². The van der Waals surface area contributed by atoms with Crippen LogP contribution in [0.4, 0.5) is 4.79 Å². The second-order valence-electron chi connectivity index (χ2n) is 6.32. The van der Waals surface area contributed by atoms with Gasteiger partial charge in [-0.1, -0.05) is 18.2 Å². The summed E-state index contributed by atoms with van der Waals surface area (Å²) in [4.78, 5) is 39.3. The fourth-order valence-electron chi connectivity index (χ4n) is 2.92. The molecule has 27 heavy (non-hydrogen) atoms. The van der Waals surface area contributed by atoms with E-state index in [0.29, 0.717) is 24.1 Å². The topological polar surface area (TPSA) is 102 Å². The maximum atomic E-state index is 12.8. The molecule has 2 N–H and O–H groups in total. The van der Waals surface area contributed by atoms with Gasteiger partial charge in [0.05, 0.1) is 11.6 Å². The number of hydrogen-bond acceptors (Lipinski definition) is 5. The van der Waals surface area contributed by atoms with Crippen LogP contribution in [0.15, 0.2) is 41.8 Å². The van der Waals surface area contributed by atoms with E-state index in [1.54, 1.807) is 42.5 Å². The molecule has 1 saturated heterocycles. The Hall–Kier alpha value is -3.18. The lowest BCUT2D eigenvalue weighted by Crippen LogP contribution is -2.43. The first-order valence-electron chi connectivity index (χ1n) is 8.38. The van der Waals surface area contributed by atoms with Crippen LogP contribution in [-0.4, -0.2) is 35.8 Å². The summed E-state index contributed by atoms with van der Waals surface area (Å²) in [6, 6.07) is 11.8. The Morgan fingerprint density at radius 1 is 1.33 bits per heavy atom. The molecule has 7 nitrogen and oxygen atoms in total. The summed E-state index contributed by atoms with van der Waals surface area (Å²) in [6.45, 7) is 1.66. The molecule has 4 amide bonds. The molecule has 2 aromatic rings. The zero-order valence-electron chi connectivity index (χ0n) is 14.7. The Kier molecular flexibility index (Phi) is 5.23. The Bertz CT molecular complexity index is 919. The van der Waals surface area contributed by atoms with Crippen molar-refractivity contribution in [2.24, 2.45) is 0 Å². The van der Waals surface area contributed by atoms with Crippen LogP contribution >= 0.6 is 11.3 Å². The van der Waals surface area contributed by atoms with Crippen molar-refractivity contribution in [1.82, 2.24) is 15.5 Å². The third-order valence-electron chi connectivity index (χ3n) is 4.42. The largest absolute Gasteiger partial charge is 0.354 e. The van der Waals surface area contributed by atoms with Crippen molar-refractivity contribution in [3.05, 3.63) is 57.8 Å². The Labute approximate surface area is 160 Å². The summed E-state index contributed by atoms with van der Waals surface area (Å²) in [5, 5.41) is 16.4. The number of benzene rings is 1. The van der Waals surface area contributed by atoms with Gasteiger partial charge in [0.2, 0.25) is 5.91 Å². The Morgan fingerprint density at radius 3 is 2.85 bits per heavy atom. The normalized spacial score (nSPS) is 18.9. The molecule has 0 saturated carbocycles. The number of rotatable bonds is 6. The van der Waals surface area contributed by atoms with Crippen LogP contribution in [0.1, 0.15) is 22.9 Å². The van der Waals surface area contributed by atoms with E-state index >= 15 is 0 Å².